The maximum Gasteiger partial charge on any atom is 0.277 e. The third-order valence-corrected chi connectivity index (χ3v) is 3.54. The number of hydrogen-bond donors (Lipinski definition) is 1. The summed E-state index contributed by atoms with van der Waals surface area (Å²) >= 11 is 1.52. The minimum absolute atomic E-state index is 0.349. The van der Waals surface area contributed by atoms with Crippen molar-refractivity contribution < 1.29 is 9.26 Å². The molecule has 108 valence electrons. The van der Waals surface area contributed by atoms with Crippen LogP contribution in [0.5, 0.6) is 5.88 Å². The molecule has 0 spiro atoms. The fourth-order valence-corrected chi connectivity index (χ4v) is 2.44. The molecule has 0 amide bonds. The number of hydrogen-bond acceptors (Lipinski definition) is 9. The van der Waals surface area contributed by atoms with Crippen molar-refractivity contribution in [3.63, 3.8) is 0 Å². The molecule has 0 unspecified atom stereocenters. The van der Waals surface area contributed by atoms with Gasteiger partial charge in [-0.2, -0.15) is 4.98 Å². The van der Waals surface area contributed by atoms with E-state index in [1.807, 2.05) is 5.38 Å². The summed E-state index contributed by atoms with van der Waals surface area (Å²) in [5.41, 5.74) is 6.67. The lowest BCUT2D eigenvalue weighted by atomic mass is 10.4. The largest absolute Gasteiger partial charge is 0.481 e. The molecule has 0 aliphatic heterocycles. The molecule has 0 bridgehead atoms. The topological polar surface area (TPSA) is 113 Å². The number of thiazole rings is 1. The third kappa shape index (κ3) is 2.88. The quantitative estimate of drug-likeness (QED) is 0.747. The molecular formula is C12H12N6O2S. The molecule has 3 aromatic rings. The third-order valence-electron chi connectivity index (χ3n) is 2.64. The first kappa shape index (κ1) is 13.6. The number of aromatic nitrogens is 5. The van der Waals surface area contributed by atoms with E-state index in [0.717, 1.165) is 11.4 Å². The van der Waals surface area contributed by atoms with E-state index in [4.69, 9.17) is 15.0 Å². The normalized spacial score (nSPS) is 10.8. The summed E-state index contributed by atoms with van der Waals surface area (Å²) < 4.78 is 10.3. The van der Waals surface area contributed by atoms with Crippen LogP contribution in [0.3, 0.4) is 0 Å². The molecule has 0 aliphatic carbocycles. The summed E-state index contributed by atoms with van der Waals surface area (Å²) in [7, 11) is 1.53. The van der Waals surface area contributed by atoms with Crippen molar-refractivity contribution in [1.82, 2.24) is 25.1 Å². The molecule has 9 heteroatoms. The van der Waals surface area contributed by atoms with Gasteiger partial charge in [0.05, 0.1) is 12.1 Å². The van der Waals surface area contributed by atoms with E-state index in [-0.39, 0.29) is 0 Å². The van der Waals surface area contributed by atoms with Gasteiger partial charge in [0.15, 0.2) is 0 Å². The molecule has 2 N–H and O–H groups in total. The van der Waals surface area contributed by atoms with Crippen molar-refractivity contribution >= 4 is 11.3 Å². The van der Waals surface area contributed by atoms with Crippen LogP contribution in [0.25, 0.3) is 23.1 Å². The van der Waals surface area contributed by atoms with Crippen LogP contribution in [0.4, 0.5) is 0 Å². The summed E-state index contributed by atoms with van der Waals surface area (Å²) in [4.78, 5) is 16.7. The van der Waals surface area contributed by atoms with Crippen LogP contribution in [0.1, 0.15) is 5.01 Å². The van der Waals surface area contributed by atoms with Gasteiger partial charge in [-0.1, -0.05) is 5.16 Å². The van der Waals surface area contributed by atoms with Gasteiger partial charge in [-0.25, -0.2) is 15.0 Å². The SMILES string of the molecule is COc1cc(-c2noc(-c3csc(CCN)n3)n2)ncn1. The summed E-state index contributed by atoms with van der Waals surface area (Å²) in [6.07, 6.45) is 2.11. The molecule has 0 saturated carbocycles. The van der Waals surface area contributed by atoms with Crippen LogP contribution in [-0.4, -0.2) is 38.7 Å². The summed E-state index contributed by atoms with van der Waals surface area (Å²) in [6.45, 7) is 0.558. The predicted octanol–water partition coefficient (Wildman–Crippen LogP) is 1.16. The van der Waals surface area contributed by atoms with E-state index in [1.165, 1.54) is 24.8 Å². The van der Waals surface area contributed by atoms with E-state index >= 15 is 0 Å². The first-order chi connectivity index (χ1) is 10.3. The van der Waals surface area contributed by atoms with Gasteiger partial charge >= 0.3 is 0 Å². The Morgan fingerprint density at radius 3 is 3.00 bits per heavy atom. The molecule has 3 aromatic heterocycles. The highest BCUT2D eigenvalue weighted by molar-refractivity contribution is 7.09. The standard InChI is InChI=1S/C12H12N6O2S/c1-19-9-4-7(14-6-15-9)11-17-12(20-18-11)8-5-21-10(16-8)2-3-13/h4-6H,2-3,13H2,1H3. The lowest BCUT2D eigenvalue weighted by Gasteiger charge is -1.97. The minimum Gasteiger partial charge on any atom is -0.481 e. The van der Waals surface area contributed by atoms with E-state index in [0.29, 0.717) is 35.5 Å². The average molecular weight is 304 g/mol. The Labute approximate surface area is 124 Å². The first-order valence-corrected chi connectivity index (χ1v) is 7.03. The maximum atomic E-state index is 5.51. The van der Waals surface area contributed by atoms with Crippen LogP contribution in [0, 0.1) is 0 Å². The molecule has 8 nitrogen and oxygen atoms in total. The van der Waals surface area contributed by atoms with Gasteiger partial charge in [-0.3, -0.25) is 0 Å². The van der Waals surface area contributed by atoms with Gasteiger partial charge in [-0.05, 0) is 6.54 Å². The summed E-state index contributed by atoms with van der Waals surface area (Å²) in [6, 6.07) is 1.63. The monoisotopic (exact) mass is 304 g/mol. The first-order valence-electron chi connectivity index (χ1n) is 6.15. The average Bonchev–Trinajstić information content (AvgIpc) is 3.16. The molecule has 21 heavy (non-hydrogen) atoms. The highest BCUT2D eigenvalue weighted by atomic mass is 32.1. The Kier molecular flexibility index (Phi) is 3.84. The molecule has 0 radical (unpaired) electrons. The van der Waals surface area contributed by atoms with E-state index < -0.39 is 0 Å². The van der Waals surface area contributed by atoms with Crippen molar-refractivity contribution in [1.29, 1.82) is 0 Å². The van der Waals surface area contributed by atoms with Crippen molar-refractivity contribution in [2.75, 3.05) is 13.7 Å². The fourth-order valence-electron chi connectivity index (χ4n) is 1.65. The van der Waals surface area contributed by atoms with Gasteiger partial charge < -0.3 is 15.0 Å². The second-order valence-corrected chi connectivity index (χ2v) is 4.98. The number of rotatable bonds is 5. The zero-order valence-electron chi connectivity index (χ0n) is 11.2. The van der Waals surface area contributed by atoms with E-state index in [9.17, 15) is 0 Å². The van der Waals surface area contributed by atoms with Gasteiger partial charge in [0.2, 0.25) is 11.7 Å². The molecule has 0 fully saturated rings. The van der Waals surface area contributed by atoms with Gasteiger partial charge in [0, 0.05) is 17.9 Å². The highest BCUT2D eigenvalue weighted by Crippen LogP contribution is 2.23. The molecule has 0 atom stereocenters. The number of nitrogens with zero attached hydrogens (tertiary/aromatic N) is 5. The Bertz CT molecular complexity index is 741. The van der Waals surface area contributed by atoms with E-state index in [1.54, 1.807) is 6.07 Å². The molecule has 0 aromatic carbocycles. The second-order valence-electron chi connectivity index (χ2n) is 4.03. The second kappa shape index (κ2) is 5.94. The molecular weight excluding hydrogens is 292 g/mol. The number of methoxy groups -OCH3 is 1. The van der Waals surface area contributed by atoms with Crippen molar-refractivity contribution in [2.24, 2.45) is 5.73 Å². The summed E-state index contributed by atoms with van der Waals surface area (Å²) in [5.74, 6) is 1.14. The molecule has 3 heterocycles. The Morgan fingerprint density at radius 2 is 2.19 bits per heavy atom. The zero-order chi connectivity index (χ0) is 14.7. The van der Waals surface area contributed by atoms with Gasteiger partial charge in [0.25, 0.3) is 5.89 Å². The van der Waals surface area contributed by atoms with Crippen LogP contribution in [-0.2, 0) is 6.42 Å². The minimum atomic E-state index is 0.349. The molecule has 3 rings (SSSR count). The van der Waals surface area contributed by atoms with Gasteiger partial charge in [0.1, 0.15) is 17.7 Å². The maximum absolute atomic E-state index is 5.51. The van der Waals surface area contributed by atoms with Crippen LogP contribution < -0.4 is 10.5 Å². The van der Waals surface area contributed by atoms with Crippen LogP contribution in [0.2, 0.25) is 0 Å². The summed E-state index contributed by atoms with van der Waals surface area (Å²) in [5, 5.41) is 6.71. The van der Waals surface area contributed by atoms with Crippen molar-refractivity contribution in [3.8, 4) is 29.0 Å². The smallest absolute Gasteiger partial charge is 0.277 e. The lowest BCUT2D eigenvalue weighted by Crippen LogP contribution is -2.01. The predicted molar refractivity (Wildman–Crippen MR) is 75.7 cm³/mol. The Balaban J connectivity index is 1.88. The number of nitrogens with two attached hydrogens (primary N) is 1. The van der Waals surface area contributed by atoms with E-state index in [2.05, 4.69) is 25.1 Å². The lowest BCUT2D eigenvalue weighted by molar-refractivity contribution is 0.397. The Hall–Kier alpha value is -2.39. The van der Waals surface area contributed by atoms with Crippen LogP contribution in [0.15, 0.2) is 22.3 Å². The van der Waals surface area contributed by atoms with Crippen molar-refractivity contribution in [3.05, 3.63) is 22.8 Å². The highest BCUT2D eigenvalue weighted by Gasteiger charge is 2.15. The zero-order valence-corrected chi connectivity index (χ0v) is 12.0. The fraction of sp³-hybridized carbons (Fsp3) is 0.250. The molecule has 0 aliphatic rings. The Morgan fingerprint density at radius 1 is 1.29 bits per heavy atom. The van der Waals surface area contributed by atoms with Crippen LogP contribution >= 0.6 is 11.3 Å². The number of ether oxygens (including phenoxy) is 1. The van der Waals surface area contributed by atoms with Crippen molar-refractivity contribution in [2.45, 2.75) is 6.42 Å². The van der Waals surface area contributed by atoms with Gasteiger partial charge in [-0.15, -0.1) is 11.3 Å². The molecule has 0 saturated heterocycles.